The number of benzene rings is 1. The van der Waals surface area contributed by atoms with Crippen molar-refractivity contribution in [2.24, 2.45) is 5.41 Å². The molecular weight excluding hydrogens is 265 g/mol. The summed E-state index contributed by atoms with van der Waals surface area (Å²) in [7, 11) is 0. The summed E-state index contributed by atoms with van der Waals surface area (Å²) in [6.07, 6.45) is 4.97. The van der Waals surface area contributed by atoms with E-state index in [1.54, 1.807) is 12.1 Å². The van der Waals surface area contributed by atoms with Crippen LogP contribution in [0.15, 0.2) is 18.2 Å². The Kier molecular flexibility index (Phi) is 4.23. The molecule has 2 heterocycles. The average Bonchev–Trinajstić information content (AvgIpc) is 2.50. The van der Waals surface area contributed by atoms with E-state index in [4.69, 9.17) is 5.26 Å². The minimum atomic E-state index is -0.199. The molecule has 2 aliphatic heterocycles. The van der Waals surface area contributed by atoms with Gasteiger partial charge in [-0.05, 0) is 62.4 Å². The first-order valence-electron chi connectivity index (χ1n) is 7.82. The summed E-state index contributed by atoms with van der Waals surface area (Å²) in [5.74, 6) is -0.199. The van der Waals surface area contributed by atoms with Crippen LogP contribution in [0, 0.1) is 22.6 Å². The molecule has 2 saturated heterocycles. The zero-order chi connectivity index (χ0) is 14.7. The van der Waals surface area contributed by atoms with Crippen LogP contribution in [0.4, 0.5) is 4.39 Å². The molecule has 2 fully saturated rings. The Morgan fingerprint density at radius 3 is 2.95 bits per heavy atom. The highest BCUT2D eigenvalue weighted by atomic mass is 19.1. The predicted octanol–water partition coefficient (Wildman–Crippen LogP) is 2.66. The molecular formula is C17H22FN3. The molecule has 1 atom stereocenters. The summed E-state index contributed by atoms with van der Waals surface area (Å²) in [5, 5.41) is 12.5. The quantitative estimate of drug-likeness (QED) is 0.909. The van der Waals surface area contributed by atoms with E-state index in [0.717, 1.165) is 26.2 Å². The van der Waals surface area contributed by atoms with Crippen molar-refractivity contribution in [3.8, 4) is 6.07 Å². The van der Waals surface area contributed by atoms with Crippen LogP contribution in [0.1, 0.15) is 36.8 Å². The summed E-state index contributed by atoms with van der Waals surface area (Å²) in [4.78, 5) is 2.36. The third-order valence-corrected chi connectivity index (χ3v) is 4.87. The summed E-state index contributed by atoms with van der Waals surface area (Å²) in [6.45, 7) is 4.89. The highest BCUT2D eigenvalue weighted by molar-refractivity contribution is 5.33. The normalized spacial score (nSPS) is 26.7. The molecule has 1 aromatic carbocycles. The number of hydrogen-bond donors (Lipinski definition) is 1. The van der Waals surface area contributed by atoms with Gasteiger partial charge in [0.2, 0.25) is 0 Å². The number of nitrogens with one attached hydrogen (secondary N) is 1. The summed E-state index contributed by atoms with van der Waals surface area (Å²) < 4.78 is 13.9. The van der Waals surface area contributed by atoms with E-state index in [0.29, 0.717) is 23.1 Å². The predicted molar refractivity (Wildman–Crippen MR) is 80.2 cm³/mol. The van der Waals surface area contributed by atoms with Gasteiger partial charge < -0.3 is 5.32 Å². The van der Waals surface area contributed by atoms with E-state index in [1.807, 2.05) is 0 Å². The highest BCUT2D eigenvalue weighted by Crippen LogP contribution is 2.36. The van der Waals surface area contributed by atoms with Gasteiger partial charge in [-0.25, -0.2) is 4.39 Å². The molecule has 1 spiro atoms. The number of rotatable bonds is 2. The van der Waals surface area contributed by atoms with Gasteiger partial charge in [0.25, 0.3) is 0 Å². The van der Waals surface area contributed by atoms with E-state index in [2.05, 4.69) is 16.3 Å². The smallest absolute Gasteiger partial charge is 0.127 e. The van der Waals surface area contributed by atoms with Gasteiger partial charge in [0.05, 0.1) is 11.6 Å². The molecule has 1 N–H and O–H groups in total. The Labute approximate surface area is 125 Å². The van der Waals surface area contributed by atoms with Crippen LogP contribution in [0.25, 0.3) is 0 Å². The lowest BCUT2D eigenvalue weighted by atomic mass is 9.74. The zero-order valence-electron chi connectivity index (χ0n) is 12.4. The van der Waals surface area contributed by atoms with Gasteiger partial charge in [0, 0.05) is 25.2 Å². The fourth-order valence-corrected chi connectivity index (χ4v) is 3.83. The fourth-order valence-electron chi connectivity index (χ4n) is 3.83. The van der Waals surface area contributed by atoms with E-state index < -0.39 is 0 Å². The molecule has 0 aliphatic carbocycles. The number of piperidine rings is 2. The van der Waals surface area contributed by atoms with E-state index >= 15 is 0 Å². The first-order chi connectivity index (χ1) is 10.2. The Bertz CT molecular complexity index is 538. The standard InChI is InChI=1S/C17H22FN3/c18-16-4-3-14(10-19)9-15(16)11-21-8-2-6-17(13-21)5-1-7-20-12-17/h3-4,9,20H,1-2,5-8,11-13H2. The number of likely N-dealkylation sites (tertiary alicyclic amines) is 1. The molecule has 0 amide bonds. The van der Waals surface area contributed by atoms with Crippen molar-refractivity contribution in [1.29, 1.82) is 5.26 Å². The van der Waals surface area contributed by atoms with Crippen LogP contribution < -0.4 is 5.32 Å². The van der Waals surface area contributed by atoms with Crippen LogP contribution >= 0.6 is 0 Å². The first kappa shape index (κ1) is 14.5. The molecule has 1 unspecified atom stereocenters. The fraction of sp³-hybridized carbons (Fsp3) is 0.588. The van der Waals surface area contributed by atoms with Crippen LogP contribution in [-0.4, -0.2) is 31.1 Å². The van der Waals surface area contributed by atoms with Crippen molar-refractivity contribution in [2.75, 3.05) is 26.2 Å². The second kappa shape index (κ2) is 6.13. The van der Waals surface area contributed by atoms with Crippen molar-refractivity contribution in [2.45, 2.75) is 32.2 Å². The first-order valence-corrected chi connectivity index (χ1v) is 7.82. The molecule has 1 aromatic rings. The lowest BCUT2D eigenvalue weighted by Crippen LogP contribution is -2.50. The average molecular weight is 287 g/mol. The van der Waals surface area contributed by atoms with Gasteiger partial charge in [0.1, 0.15) is 5.82 Å². The van der Waals surface area contributed by atoms with Crippen molar-refractivity contribution >= 4 is 0 Å². The van der Waals surface area contributed by atoms with Crippen LogP contribution in [-0.2, 0) is 6.54 Å². The van der Waals surface area contributed by atoms with E-state index in [-0.39, 0.29) is 5.82 Å². The lowest BCUT2D eigenvalue weighted by Gasteiger charge is -2.45. The van der Waals surface area contributed by atoms with Crippen LogP contribution in [0.5, 0.6) is 0 Å². The minimum Gasteiger partial charge on any atom is -0.316 e. The number of nitrogens with zero attached hydrogens (tertiary/aromatic N) is 2. The molecule has 2 aliphatic rings. The Morgan fingerprint density at radius 2 is 2.19 bits per heavy atom. The van der Waals surface area contributed by atoms with Crippen molar-refractivity contribution in [3.05, 3.63) is 35.1 Å². The van der Waals surface area contributed by atoms with Gasteiger partial charge in [-0.3, -0.25) is 4.90 Å². The van der Waals surface area contributed by atoms with Gasteiger partial charge >= 0.3 is 0 Å². The molecule has 0 aromatic heterocycles. The Morgan fingerprint density at radius 1 is 1.33 bits per heavy atom. The van der Waals surface area contributed by atoms with E-state index in [9.17, 15) is 4.39 Å². The SMILES string of the molecule is N#Cc1ccc(F)c(CN2CCCC3(CCCNC3)C2)c1. The maximum atomic E-state index is 13.9. The Hall–Kier alpha value is -1.44. The van der Waals surface area contributed by atoms with Crippen molar-refractivity contribution in [1.82, 2.24) is 10.2 Å². The van der Waals surface area contributed by atoms with Gasteiger partial charge in [0.15, 0.2) is 0 Å². The van der Waals surface area contributed by atoms with E-state index in [1.165, 1.54) is 31.7 Å². The lowest BCUT2D eigenvalue weighted by molar-refractivity contribution is 0.0594. The van der Waals surface area contributed by atoms with Gasteiger partial charge in [-0.15, -0.1) is 0 Å². The molecule has 4 heteroatoms. The van der Waals surface area contributed by atoms with Gasteiger partial charge in [-0.1, -0.05) is 0 Å². The second-order valence-corrected chi connectivity index (χ2v) is 6.51. The monoisotopic (exact) mass is 287 g/mol. The Balaban J connectivity index is 1.71. The molecule has 21 heavy (non-hydrogen) atoms. The zero-order valence-corrected chi connectivity index (χ0v) is 12.4. The summed E-state index contributed by atoms with van der Waals surface area (Å²) >= 11 is 0. The summed E-state index contributed by atoms with van der Waals surface area (Å²) in [6, 6.07) is 6.74. The van der Waals surface area contributed by atoms with Crippen LogP contribution in [0.2, 0.25) is 0 Å². The van der Waals surface area contributed by atoms with Gasteiger partial charge in [-0.2, -0.15) is 5.26 Å². The highest BCUT2D eigenvalue weighted by Gasteiger charge is 2.36. The minimum absolute atomic E-state index is 0.199. The molecule has 3 rings (SSSR count). The van der Waals surface area contributed by atoms with Crippen molar-refractivity contribution < 1.29 is 4.39 Å². The third kappa shape index (κ3) is 3.25. The topological polar surface area (TPSA) is 39.1 Å². The maximum Gasteiger partial charge on any atom is 0.127 e. The van der Waals surface area contributed by atoms with Crippen LogP contribution in [0.3, 0.4) is 0 Å². The second-order valence-electron chi connectivity index (χ2n) is 6.51. The number of nitriles is 1. The molecule has 3 nitrogen and oxygen atoms in total. The summed E-state index contributed by atoms with van der Waals surface area (Å²) in [5.41, 5.74) is 1.56. The number of halogens is 1. The largest absolute Gasteiger partial charge is 0.316 e. The molecule has 0 saturated carbocycles. The maximum absolute atomic E-state index is 13.9. The van der Waals surface area contributed by atoms with Crippen molar-refractivity contribution in [3.63, 3.8) is 0 Å². The molecule has 112 valence electrons. The molecule has 0 bridgehead atoms. The third-order valence-electron chi connectivity index (χ3n) is 4.87. The number of hydrogen-bond acceptors (Lipinski definition) is 3. The molecule has 0 radical (unpaired) electrons.